The Balaban J connectivity index is 2.35. The van der Waals surface area contributed by atoms with E-state index in [1.165, 1.54) is 12.4 Å². The molecule has 0 aliphatic rings. The maximum absolute atomic E-state index is 13.0. The maximum Gasteiger partial charge on any atom is 0.212 e. The topological polar surface area (TPSA) is 54.9 Å². The van der Waals surface area contributed by atoms with E-state index in [1.54, 1.807) is 0 Å². The van der Waals surface area contributed by atoms with E-state index < -0.39 is 11.6 Å². The van der Waals surface area contributed by atoms with Crippen molar-refractivity contribution in [2.24, 2.45) is 0 Å². The van der Waals surface area contributed by atoms with Crippen LogP contribution < -0.4 is 5.32 Å². The highest BCUT2D eigenvalue weighted by molar-refractivity contribution is 5.69. The molecule has 1 N–H and O–H groups in total. The Bertz CT molecular complexity index is 523. The van der Waals surface area contributed by atoms with E-state index in [2.05, 4.69) is 15.3 Å². The average Bonchev–Trinajstić information content (AvgIpc) is 2.29. The zero-order valence-corrected chi connectivity index (χ0v) is 8.52. The van der Waals surface area contributed by atoms with Crippen molar-refractivity contribution < 1.29 is 13.6 Å². The molecule has 1 aromatic heterocycles. The zero-order chi connectivity index (χ0) is 12.3. The van der Waals surface area contributed by atoms with Gasteiger partial charge in [-0.2, -0.15) is 0 Å². The van der Waals surface area contributed by atoms with Gasteiger partial charge in [-0.15, -0.1) is 0 Å². The first kappa shape index (κ1) is 11.1. The lowest BCUT2D eigenvalue weighted by Crippen LogP contribution is -1.98. The third-order valence-corrected chi connectivity index (χ3v) is 2.02. The van der Waals surface area contributed by atoms with Gasteiger partial charge in [0, 0.05) is 11.6 Å². The number of nitrogens with one attached hydrogen (secondary N) is 1. The van der Waals surface area contributed by atoms with E-state index in [0.717, 1.165) is 18.2 Å². The lowest BCUT2D eigenvalue weighted by atomic mass is 10.1. The molecule has 4 nitrogen and oxygen atoms in total. The quantitative estimate of drug-likeness (QED) is 0.828. The predicted octanol–water partition coefficient (Wildman–Crippen LogP) is 1.99. The molecule has 0 aliphatic carbocycles. The molecule has 1 aromatic carbocycles. The van der Waals surface area contributed by atoms with Gasteiger partial charge in [0.2, 0.25) is 6.41 Å². The molecule has 0 atom stereocenters. The Labute approximate surface area is 95.3 Å². The van der Waals surface area contributed by atoms with E-state index in [4.69, 9.17) is 0 Å². The maximum atomic E-state index is 13.0. The minimum atomic E-state index is -0.683. The summed E-state index contributed by atoms with van der Waals surface area (Å²) in [5.74, 6) is -1.10. The molecule has 1 heterocycles. The Morgan fingerprint density at radius 2 is 1.76 bits per heavy atom. The third-order valence-electron chi connectivity index (χ3n) is 2.02. The number of rotatable bonds is 3. The molecule has 0 saturated heterocycles. The zero-order valence-electron chi connectivity index (χ0n) is 8.52. The van der Waals surface area contributed by atoms with Gasteiger partial charge < -0.3 is 5.32 Å². The monoisotopic (exact) mass is 235 g/mol. The molecule has 2 aromatic rings. The molecule has 2 rings (SSSR count). The lowest BCUT2D eigenvalue weighted by Gasteiger charge is -2.02. The number of halogens is 2. The molecule has 86 valence electrons. The summed E-state index contributed by atoms with van der Waals surface area (Å²) in [7, 11) is 0. The van der Waals surface area contributed by atoms with E-state index in [0.29, 0.717) is 12.1 Å². The van der Waals surface area contributed by atoms with Crippen molar-refractivity contribution in [3.8, 4) is 11.3 Å². The van der Waals surface area contributed by atoms with Crippen LogP contribution in [0.4, 0.5) is 14.6 Å². The van der Waals surface area contributed by atoms with Gasteiger partial charge in [0.25, 0.3) is 0 Å². The largest absolute Gasteiger partial charge is 0.312 e. The molecule has 0 radical (unpaired) electrons. The molecule has 6 heteroatoms. The van der Waals surface area contributed by atoms with Gasteiger partial charge >= 0.3 is 0 Å². The van der Waals surface area contributed by atoms with Crippen LogP contribution in [0.3, 0.4) is 0 Å². The van der Waals surface area contributed by atoms with Gasteiger partial charge in [0.1, 0.15) is 11.6 Å². The third kappa shape index (κ3) is 2.60. The molecule has 0 saturated carbocycles. The molecule has 0 aliphatic heterocycles. The van der Waals surface area contributed by atoms with Gasteiger partial charge in [-0.1, -0.05) is 0 Å². The van der Waals surface area contributed by atoms with Gasteiger partial charge in [-0.05, 0) is 12.1 Å². The summed E-state index contributed by atoms with van der Waals surface area (Å²) >= 11 is 0. The van der Waals surface area contributed by atoms with E-state index >= 15 is 0 Å². The van der Waals surface area contributed by atoms with Gasteiger partial charge in [-0.25, -0.2) is 13.8 Å². The summed E-state index contributed by atoms with van der Waals surface area (Å²) in [6, 6.07) is 3.08. The van der Waals surface area contributed by atoms with Crippen molar-refractivity contribution in [3.63, 3.8) is 0 Å². The average molecular weight is 235 g/mol. The Kier molecular flexibility index (Phi) is 3.04. The second-order valence-electron chi connectivity index (χ2n) is 3.21. The van der Waals surface area contributed by atoms with Crippen LogP contribution in [0.2, 0.25) is 0 Å². The summed E-state index contributed by atoms with van der Waals surface area (Å²) < 4.78 is 25.9. The van der Waals surface area contributed by atoms with Gasteiger partial charge in [0.15, 0.2) is 5.82 Å². The Hall–Kier alpha value is -2.37. The first-order valence-electron chi connectivity index (χ1n) is 4.68. The van der Waals surface area contributed by atoms with Crippen molar-refractivity contribution in [2.75, 3.05) is 5.32 Å². The summed E-state index contributed by atoms with van der Waals surface area (Å²) in [4.78, 5) is 17.9. The number of carbonyl (C=O) groups is 1. The first-order chi connectivity index (χ1) is 8.19. The number of hydrogen-bond donors (Lipinski definition) is 1. The Morgan fingerprint density at radius 3 is 2.29 bits per heavy atom. The minimum Gasteiger partial charge on any atom is -0.312 e. The summed E-state index contributed by atoms with van der Waals surface area (Å²) in [6.45, 7) is 0. The molecule has 0 fully saturated rings. The van der Waals surface area contributed by atoms with E-state index in [-0.39, 0.29) is 11.4 Å². The standard InChI is InChI=1S/C11H7F2N3O/c12-8-1-7(2-9(13)3-8)10-4-15-11(5-14-10)16-6-17/h1-6H,(H,15,16,17). The predicted molar refractivity (Wildman–Crippen MR) is 57.1 cm³/mol. The fourth-order valence-electron chi connectivity index (χ4n) is 1.31. The number of carbonyl (C=O) groups excluding carboxylic acids is 1. The van der Waals surface area contributed by atoms with Crippen LogP contribution >= 0.6 is 0 Å². The molecule has 0 unspecified atom stereocenters. The van der Waals surface area contributed by atoms with Crippen LogP contribution in [-0.4, -0.2) is 16.4 Å². The first-order valence-corrected chi connectivity index (χ1v) is 4.68. The van der Waals surface area contributed by atoms with Crippen molar-refractivity contribution >= 4 is 12.2 Å². The number of aromatic nitrogens is 2. The molecule has 0 spiro atoms. The smallest absolute Gasteiger partial charge is 0.212 e. The molecule has 1 amide bonds. The molecule has 17 heavy (non-hydrogen) atoms. The van der Waals surface area contributed by atoms with E-state index in [9.17, 15) is 13.6 Å². The van der Waals surface area contributed by atoms with Crippen molar-refractivity contribution in [1.29, 1.82) is 0 Å². The van der Waals surface area contributed by atoms with Crippen LogP contribution in [0.5, 0.6) is 0 Å². The SMILES string of the molecule is O=CNc1cnc(-c2cc(F)cc(F)c2)cn1. The summed E-state index contributed by atoms with van der Waals surface area (Å²) in [6.07, 6.45) is 3.08. The van der Waals surface area contributed by atoms with E-state index in [1.807, 2.05) is 0 Å². The summed E-state index contributed by atoms with van der Waals surface area (Å²) in [5.41, 5.74) is 0.604. The second kappa shape index (κ2) is 4.65. The lowest BCUT2D eigenvalue weighted by molar-refractivity contribution is -0.105. The van der Waals surface area contributed by atoms with Crippen LogP contribution in [0.1, 0.15) is 0 Å². The van der Waals surface area contributed by atoms with Crippen molar-refractivity contribution in [1.82, 2.24) is 9.97 Å². The highest BCUT2D eigenvalue weighted by atomic mass is 19.1. The second-order valence-corrected chi connectivity index (χ2v) is 3.21. The number of amides is 1. The number of nitrogens with zero attached hydrogens (tertiary/aromatic N) is 2. The van der Waals surface area contributed by atoms with Gasteiger partial charge in [-0.3, -0.25) is 9.78 Å². The van der Waals surface area contributed by atoms with Crippen LogP contribution in [-0.2, 0) is 4.79 Å². The number of hydrogen-bond acceptors (Lipinski definition) is 3. The van der Waals surface area contributed by atoms with Crippen molar-refractivity contribution in [2.45, 2.75) is 0 Å². The fourth-order valence-corrected chi connectivity index (χ4v) is 1.31. The van der Waals surface area contributed by atoms with Crippen LogP contribution in [0.25, 0.3) is 11.3 Å². The molecular formula is C11H7F2N3O. The minimum absolute atomic E-state index is 0.264. The van der Waals surface area contributed by atoms with Crippen LogP contribution in [0, 0.1) is 11.6 Å². The van der Waals surface area contributed by atoms with Crippen LogP contribution in [0.15, 0.2) is 30.6 Å². The Morgan fingerprint density at radius 1 is 1.06 bits per heavy atom. The number of anilines is 1. The molecular weight excluding hydrogens is 228 g/mol. The summed E-state index contributed by atoms with van der Waals surface area (Å²) in [5, 5.41) is 2.31. The fraction of sp³-hybridized carbons (Fsp3) is 0. The van der Waals surface area contributed by atoms with Crippen molar-refractivity contribution in [3.05, 3.63) is 42.2 Å². The highest BCUT2D eigenvalue weighted by Gasteiger charge is 2.05. The highest BCUT2D eigenvalue weighted by Crippen LogP contribution is 2.19. The molecule has 0 bridgehead atoms. The van der Waals surface area contributed by atoms with Gasteiger partial charge in [0.05, 0.1) is 18.1 Å². The number of benzene rings is 1. The normalized spacial score (nSPS) is 10.0.